The smallest absolute Gasteiger partial charge is 0.252 e. The van der Waals surface area contributed by atoms with Gasteiger partial charge in [-0.15, -0.1) is 10.6 Å². The summed E-state index contributed by atoms with van der Waals surface area (Å²) in [7, 11) is 0.187. The van der Waals surface area contributed by atoms with E-state index in [1.54, 1.807) is 50.6 Å². The van der Waals surface area contributed by atoms with Gasteiger partial charge in [-0.1, -0.05) is 6.07 Å². The summed E-state index contributed by atoms with van der Waals surface area (Å²) in [5, 5.41) is 4.17. The van der Waals surface area contributed by atoms with Crippen molar-refractivity contribution >= 4 is 22.6 Å². The molecular formula is C18H19NO5S. The summed E-state index contributed by atoms with van der Waals surface area (Å²) in [6, 6.07) is 10.3. The van der Waals surface area contributed by atoms with Crippen molar-refractivity contribution in [3.05, 3.63) is 58.5 Å². The van der Waals surface area contributed by atoms with E-state index in [2.05, 4.69) is 5.32 Å². The Balaban J connectivity index is 1.79. The lowest BCUT2D eigenvalue weighted by Gasteiger charge is -2.25. The van der Waals surface area contributed by atoms with Crippen molar-refractivity contribution in [2.24, 2.45) is 0 Å². The summed E-state index contributed by atoms with van der Waals surface area (Å²) in [5.74, 6) is 0.992. The highest BCUT2D eigenvalue weighted by Crippen LogP contribution is 2.56. The molecule has 25 heavy (non-hydrogen) atoms. The summed E-state index contributed by atoms with van der Waals surface area (Å²) < 4.78 is 30.4. The zero-order valence-electron chi connectivity index (χ0n) is 13.9. The number of fused-ring (bicyclic) bond motifs is 1. The van der Waals surface area contributed by atoms with E-state index in [1.807, 2.05) is 6.07 Å². The first-order valence-electron chi connectivity index (χ1n) is 7.55. The number of ether oxygens (including phenoxy) is 2. The number of rotatable bonds is 5. The summed E-state index contributed by atoms with van der Waals surface area (Å²) in [5.41, 5.74) is 1.75. The van der Waals surface area contributed by atoms with E-state index in [9.17, 15) is 13.9 Å². The lowest BCUT2D eigenvalue weighted by Crippen LogP contribution is -2.24. The van der Waals surface area contributed by atoms with Crippen molar-refractivity contribution in [1.82, 2.24) is 5.32 Å². The normalized spacial score (nSPS) is 15.4. The molecule has 0 unspecified atom stereocenters. The van der Waals surface area contributed by atoms with Crippen LogP contribution in [0.15, 0.2) is 46.7 Å². The van der Waals surface area contributed by atoms with E-state index in [-0.39, 0.29) is 12.5 Å². The van der Waals surface area contributed by atoms with E-state index in [1.165, 1.54) is 5.41 Å². The van der Waals surface area contributed by atoms with Crippen molar-refractivity contribution in [2.45, 2.75) is 11.4 Å². The van der Waals surface area contributed by atoms with Crippen LogP contribution in [-0.2, 0) is 6.54 Å². The summed E-state index contributed by atoms with van der Waals surface area (Å²) in [6.45, 7) is 0.273. The van der Waals surface area contributed by atoms with E-state index in [0.717, 1.165) is 5.56 Å². The van der Waals surface area contributed by atoms with Crippen LogP contribution in [0.3, 0.4) is 0 Å². The van der Waals surface area contributed by atoms with Crippen LogP contribution < -0.4 is 14.8 Å². The van der Waals surface area contributed by atoms with Gasteiger partial charge in [0.2, 0.25) is 0 Å². The summed E-state index contributed by atoms with van der Waals surface area (Å²) in [4.78, 5) is 12.9. The SMILES string of the molecule is COc1ccc(CNC(=O)c2cccc3c2C=CS3(O)O)c(OC)c1. The van der Waals surface area contributed by atoms with Crippen LogP contribution in [0.5, 0.6) is 11.5 Å². The molecule has 1 aliphatic heterocycles. The molecule has 0 radical (unpaired) electrons. The Hall–Kier alpha value is -2.48. The van der Waals surface area contributed by atoms with Crippen LogP contribution in [-0.4, -0.2) is 29.2 Å². The number of hydrogen-bond donors (Lipinski definition) is 3. The number of nitrogens with one attached hydrogen (secondary N) is 1. The van der Waals surface area contributed by atoms with E-state index < -0.39 is 10.6 Å². The molecule has 7 heteroatoms. The fourth-order valence-electron chi connectivity index (χ4n) is 2.68. The monoisotopic (exact) mass is 361 g/mol. The number of carbonyl (C=O) groups excluding carboxylic acids is 1. The minimum atomic E-state index is -2.94. The zero-order chi connectivity index (χ0) is 18.0. The Morgan fingerprint density at radius 1 is 1.16 bits per heavy atom. The van der Waals surface area contributed by atoms with Crippen molar-refractivity contribution in [3.8, 4) is 11.5 Å². The molecule has 3 rings (SSSR count). The maximum atomic E-state index is 12.5. The molecule has 3 N–H and O–H groups in total. The number of hydrogen-bond acceptors (Lipinski definition) is 5. The third-order valence-corrected chi connectivity index (χ3v) is 5.51. The van der Waals surface area contributed by atoms with Gasteiger partial charge in [0.25, 0.3) is 5.91 Å². The molecule has 0 saturated carbocycles. The first-order valence-corrected chi connectivity index (χ1v) is 9.15. The Morgan fingerprint density at radius 2 is 1.96 bits per heavy atom. The molecule has 132 valence electrons. The Labute approximate surface area is 147 Å². The van der Waals surface area contributed by atoms with Gasteiger partial charge in [0.05, 0.1) is 19.1 Å². The van der Waals surface area contributed by atoms with E-state index in [0.29, 0.717) is 27.5 Å². The van der Waals surface area contributed by atoms with Crippen LogP contribution >= 0.6 is 10.6 Å². The molecule has 1 heterocycles. The standard InChI is InChI=1S/C18H19NO5S/c1-23-13-7-6-12(16(10-13)24-2)11-19-18(20)15-4-3-5-17-14(15)8-9-25(17,21)22/h3-10,21-22H,11H2,1-2H3,(H,19,20). The third kappa shape index (κ3) is 3.34. The lowest BCUT2D eigenvalue weighted by atomic mass is 10.1. The molecule has 0 bridgehead atoms. The van der Waals surface area contributed by atoms with Gasteiger partial charge in [0.1, 0.15) is 11.5 Å². The molecule has 1 amide bonds. The van der Waals surface area contributed by atoms with Gasteiger partial charge in [-0.3, -0.25) is 13.9 Å². The van der Waals surface area contributed by atoms with Crippen LogP contribution in [0.1, 0.15) is 21.5 Å². The Bertz CT molecular complexity index is 847. The molecule has 0 spiro atoms. The van der Waals surface area contributed by atoms with Gasteiger partial charge < -0.3 is 14.8 Å². The van der Waals surface area contributed by atoms with Gasteiger partial charge in [0.15, 0.2) is 0 Å². The minimum absolute atomic E-state index is 0.273. The number of benzene rings is 2. The number of methoxy groups -OCH3 is 2. The second-order valence-electron chi connectivity index (χ2n) is 5.47. The average molecular weight is 361 g/mol. The summed E-state index contributed by atoms with van der Waals surface area (Å²) in [6.07, 6.45) is 1.58. The predicted octanol–water partition coefficient (Wildman–Crippen LogP) is 3.73. The Kier molecular flexibility index (Phi) is 4.71. The molecular weight excluding hydrogens is 342 g/mol. The highest BCUT2D eigenvalue weighted by Gasteiger charge is 2.25. The minimum Gasteiger partial charge on any atom is -0.497 e. The lowest BCUT2D eigenvalue weighted by molar-refractivity contribution is 0.0950. The second kappa shape index (κ2) is 6.79. The highest BCUT2D eigenvalue weighted by atomic mass is 32.3. The van der Waals surface area contributed by atoms with Crippen molar-refractivity contribution in [3.63, 3.8) is 0 Å². The van der Waals surface area contributed by atoms with Gasteiger partial charge in [0, 0.05) is 34.7 Å². The molecule has 0 saturated heterocycles. The maximum absolute atomic E-state index is 12.5. The second-order valence-corrected chi connectivity index (χ2v) is 7.37. The predicted molar refractivity (Wildman–Crippen MR) is 97.3 cm³/mol. The van der Waals surface area contributed by atoms with Gasteiger partial charge in [-0.25, -0.2) is 0 Å². The van der Waals surface area contributed by atoms with E-state index in [4.69, 9.17) is 9.47 Å². The van der Waals surface area contributed by atoms with Gasteiger partial charge >= 0.3 is 0 Å². The fraction of sp³-hybridized carbons (Fsp3) is 0.167. The number of amides is 1. The van der Waals surface area contributed by atoms with E-state index >= 15 is 0 Å². The van der Waals surface area contributed by atoms with Crippen LogP contribution in [0, 0.1) is 0 Å². The highest BCUT2D eigenvalue weighted by molar-refractivity contribution is 8.27. The Morgan fingerprint density at radius 3 is 2.68 bits per heavy atom. The third-order valence-electron chi connectivity index (χ3n) is 3.99. The van der Waals surface area contributed by atoms with Crippen LogP contribution in [0.4, 0.5) is 0 Å². The average Bonchev–Trinajstić information content (AvgIpc) is 2.94. The first-order chi connectivity index (χ1) is 12.0. The van der Waals surface area contributed by atoms with Gasteiger partial charge in [-0.2, -0.15) is 0 Å². The van der Waals surface area contributed by atoms with Crippen LogP contribution in [0.25, 0.3) is 6.08 Å². The molecule has 6 nitrogen and oxygen atoms in total. The van der Waals surface area contributed by atoms with Crippen molar-refractivity contribution in [2.75, 3.05) is 14.2 Å². The molecule has 2 aromatic rings. The quantitative estimate of drug-likeness (QED) is 0.755. The molecule has 0 atom stereocenters. The molecule has 0 aliphatic carbocycles. The molecule has 0 aromatic heterocycles. The molecule has 0 fully saturated rings. The fourth-order valence-corrected chi connectivity index (χ4v) is 3.93. The van der Waals surface area contributed by atoms with Gasteiger partial charge in [-0.05, 0) is 30.3 Å². The number of carbonyl (C=O) groups is 1. The summed E-state index contributed by atoms with van der Waals surface area (Å²) >= 11 is 0. The maximum Gasteiger partial charge on any atom is 0.252 e. The molecule has 2 aromatic carbocycles. The topological polar surface area (TPSA) is 88.0 Å². The van der Waals surface area contributed by atoms with Crippen LogP contribution in [0.2, 0.25) is 0 Å². The van der Waals surface area contributed by atoms with Crippen molar-refractivity contribution in [1.29, 1.82) is 0 Å². The molecule has 1 aliphatic rings. The van der Waals surface area contributed by atoms with Crippen molar-refractivity contribution < 1.29 is 23.4 Å². The zero-order valence-corrected chi connectivity index (χ0v) is 14.7. The largest absolute Gasteiger partial charge is 0.497 e. The first kappa shape index (κ1) is 17.3.